The minimum absolute atomic E-state index is 0.0738. The highest BCUT2D eigenvalue weighted by Gasteiger charge is 2.59. The molecule has 2 aliphatic rings. The summed E-state index contributed by atoms with van der Waals surface area (Å²) in [7, 11) is 1.56. The van der Waals surface area contributed by atoms with Crippen molar-refractivity contribution in [2.45, 2.75) is 25.5 Å². The maximum atomic E-state index is 15.1. The molecule has 1 aliphatic carbocycles. The summed E-state index contributed by atoms with van der Waals surface area (Å²) in [5.74, 6) is -0.694. The topological polar surface area (TPSA) is 99.2 Å². The normalized spacial score (nSPS) is 20.5. The molecular formula is C27H26F2N6O2S. The summed E-state index contributed by atoms with van der Waals surface area (Å²) in [6.07, 6.45) is -0.106. The van der Waals surface area contributed by atoms with Crippen molar-refractivity contribution in [3.05, 3.63) is 70.2 Å². The third kappa shape index (κ3) is 4.35. The molecule has 4 aromatic rings. The van der Waals surface area contributed by atoms with Gasteiger partial charge in [0.05, 0.1) is 11.2 Å². The predicted molar refractivity (Wildman–Crippen MR) is 138 cm³/mol. The Bertz CT molecular complexity index is 1500. The first kappa shape index (κ1) is 24.6. The first-order chi connectivity index (χ1) is 18.1. The number of carbonyl (C=O) groups is 1. The van der Waals surface area contributed by atoms with E-state index in [4.69, 9.17) is 10.5 Å². The van der Waals surface area contributed by atoms with Crippen LogP contribution in [0.3, 0.4) is 0 Å². The lowest BCUT2D eigenvalue weighted by atomic mass is 9.95. The number of fused-ring (bicyclic) bond motifs is 1. The number of likely N-dealkylation sites (tertiary alicyclic amines) is 1. The summed E-state index contributed by atoms with van der Waals surface area (Å²) in [6, 6.07) is 9.83. The summed E-state index contributed by atoms with van der Waals surface area (Å²) in [6.45, 7) is 4.70. The largest absolute Gasteiger partial charge is 0.474 e. The van der Waals surface area contributed by atoms with Crippen LogP contribution in [-0.2, 0) is 12.6 Å². The lowest BCUT2D eigenvalue weighted by Crippen LogP contribution is -2.35. The molecule has 0 unspecified atom stereocenters. The smallest absolute Gasteiger partial charge is 0.275 e. The monoisotopic (exact) mass is 536 g/mol. The number of ether oxygens (including phenoxy) is 1. The first-order valence-electron chi connectivity index (χ1n) is 12.2. The van der Waals surface area contributed by atoms with E-state index in [1.807, 2.05) is 26.0 Å². The van der Waals surface area contributed by atoms with Gasteiger partial charge in [0.1, 0.15) is 23.3 Å². The Morgan fingerprint density at radius 1 is 1.13 bits per heavy atom. The van der Waals surface area contributed by atoms with E-state index in [1.54, 1.807) is 35.0 Å². The molecular weight excluding hydrogens is 510 g/mol. The van der Waals surface area contributed by atoms with Crippen molar-refractivity contribution in [2.24, 2.45) is 24.6 Å². The van der Waals surface area contributed by atoms with E-state index in [0.717, 1.165) is 11.1 Å². The van der Waals surface area contributed by atoms with Gasteiger partial charge in [-0.15, -0.1) is 11.3 Å². The average molecular weight is 537 g/mol. The zero-order chi connectivity index (χ0) is 26.8. The summed E-state index contributed by atoms with van der Waals surface area (Å²) in [5, 5.41) is 5.88. The fraction of sp³-hybridized carbons (Fsp3) is 0.333. The van der Waals surface area contributed by atoms with Gasteiger partial charge in [0.2, 0.25) is 5.88 Å². The molecule has 11 heteroatoms. The highest BCUT2D eigenvalue weighted by Crippen LogP contribution is 2.48. The minimum atomic E-state index is -0.657. The molecule has 8 nitrogen and oxygen atoms in total. The third-order valence-electron chi connectivity index (χ3n) is 7.21. The number of benzene rings is 1. The fourth-order valence-electron chi connectivity index (χ4n) is 5.03. The molecule has 1 aliphatic heterocycles. The van der Waals surface area contributed by atoms with Crippen LogP contribution in [0.4, 0.5) is 8.78 Å². The third-order valence-corrected chi connectivity index (χ3v) is 7.80. The number of amides is 1. The van der Waals surface area contributed by atoms with Gasteiger partial charge in [0.15, 0.2) is 11.5 Å². The maximum absolute atomic E-state index is 15.1. The maximum Gasteiger partial charge on any atom is 0.275 e. The van der Waals surface area contributed by atoms with E-state index in [-0.39, 0.29) is 35.1 Å². The van der Waals surface area contributed by atoms with Crippen LogP contribution in [0.1, 0.15) is 29.9 Å². The Morgan fingerprint density at radius 3 is 2.47 bits per heavy atom. The molecule has 196 valence electrons. The van der Waals surface area contributed by atoms with Crippen molar-refractivity contribution in [1.82, 2.24) is 24.6 Å². The zero-order valence-corrected chi connectivity index (χ0v) is 21.9. The molecule has 2 N–H and O–H groups in total. The number of thiazole rings is 1. The Kier molecular flexibility index (Phi) is 5.80. The average Bonchev–Trinajstić information content (AvgIpc) is 3.34. The van der Waals surface area contributed by atoms with Crippen molar-refractivity contribution in [2.75, 3.05) is 13.1 Å². The van der Waals surface area contributed by atoms with Crippen LogP contribution < -0.4 is 10.5 Å². The lowest BCUT2D eigenvalue weighted by molar-refractivity contribution is 0.0735. The van der Waals surface area contributed by atoms with E-state index < -0.39 is 17.3 Å². The summed E-state index contributed by atoms with van der Waals surface area (Å²) >= 11 is 1.34. The van der Waals surface area contributed by atoms with Gasteiger partial charge in [0.25, 0.3) is 5.91 Å². The van der Waals surface area contributed by atoms with E-state index in [0.29, 0.717) is 30.4 Å². The van der Waals surface area contributed by atoms with Crippen molar-refractivity contribution >= 4 is 17.2 Å². The number of carbonyl (C=O) groups excluding carboxylic acids is 1. The van der Waals surface area contributed by atoms with Crippen molar-refractivity contribution < 1.29 is 18.3 Å². The number of nitrogens with zero attached hydrogens (tertiary/aromatic N) is 5. The molecule has 0 spiro atoms. The lowest BCUT2D eigenvalue weighted by Gasteiger charge is -2.22. The second-order valence-electron chi connectivity index (χ2n) is 10.4. The van der Waals surface area contributed by atoms with Gasteiger partial charge in [-0.1, -0.05) is 0 Å². The van der Waals surface area contributed by atoms with Crippen molar-refractivity contribution in [1.29, 1.82) is 0 Å². The van der Waals surface area contributed by atoms with E-state index in [2.05, 4.69) is 15.1 Å². The summed E-state index contributed by atoms with van der Waals surface area (Å²) < 4.78 is 36.1. The molecule has 38 heavy (non-hydrogen) atoms. The van der Waals surface area contributed by atoms with Gasteiger partial charge in [0, 0.05) is 54.5 Å². The fourth-order valence-corrected chi connectivity index (χ4v) is 5.57. The van der Waals surface area contributed by atoms with E-state index >= 15 is 4.39 Å². The highest BCUT2D eigenvalue weighted by atomic mass is 32.1. The number of aryl methyl sites for hydroxylation is 1. The van der Waals surface area contributed by atoms with E-state index in [9.17, 15) is 9.18 Å². The standard InChI is InChI=1S/C27H26F2N6O2S/c1-27(2,30)15-8-19(14-4-6-16(28)7-5-14)32-21(9-15)37-25-17-10-35(11-18(17)25)26(36)24-22(29)23(33-34(24)3)20-12-38-13-31-20/h4-9,12-13,17-18,25H,10-11,30H2,1-3H3/t17-,18+,25-. The first-order valence-corrected chi connectivity index (χ1v) is 13.2. The van der Waals surface area contributed by atoms with Crippen LogP contribution in [0.25, 0.3) is 22.6 Å². The number of piperidine rings is 1. The summed E-state index contributed by atoms with van der Waals surface area (Å²) in [5.41, 5.74) is 9.98. The molecule has 1 amide bonds. The molecule has 0 bridgehead atoms. The Balaban J connectivity index is 1.17. The number of hydrogen-bond acceptors (Lipinski definition) is 7. The number of aromatic nitrogens is 4. The SMILES string of the molecule is Cn1nc(-c2cscn2)c(F)c1C(=O)N1C[C@@H]2[C@H](C1)[C@@H]2Oc1cc(C(C)(C)N)cc(-c2ccc(F)cc2)n1. The van der Waals surface area contributed by atoms with Crippen LogP contribution >= 0.6 is 11.3 Å². The Morgan fingerprint density at radius 2 is 1.84 bits per heavy atom. The molecule has 1 saturated heterocycles. The van der Waals surface area contributed by atoms with E-state index in [1.165, 1.54) is 28.2 Å². The van der Waals surface area contributed by atoms with Crippen LogP contribution in [0, 0.1) is 23.5 Å². The second-order valence-corrected chi connectivity index (χ2v) is 11.2. The molecule has 3 atom stereocenters. The Labute approximate surface area is 222 Å². The van der Waals surface area contributed by atoms with Gasteiger partial charge in [-0.3, -0.25) is 9.48 Å². The molecule has 6 rings (SSSR count). The van der Waals surface area contributed by atoms with Crippen molar-refractivity contribution in [3.8, 4) is 28.5 Å². The number of nitrogens with two attached hydrogens (primary N) is 1. The molecule has 1 aromatic carbocycles. The zero-order valence-electron chi connectivity index (χ0n) is 21.1. The second kappa shape index (κ2) is 8.95. The Hall–Kier alpha value is -3.70. The number of halogens is 2. The molecule has 4 heterocycles. The number of hydrogen-bond donors (Lipinski definition) is 1. The quantitative estimate of drug-likeness (QED) is 0.396. The highest BCUT2D eigenvalue weighted by molar-refractivity contribution is 7.07. The molecule has 0 radical (unpaired) electrons. The molecule has 3 aromatic heterocycles. The molecule has 2 fully saturated rings. The molecule has 1 saturated carbocycles. The van der Waals surface area contributed by atoms with Crippen LogP contribution in [0.15, 0.2) is 47.3 Å². The van der Waals surface area contributed by atoms with Gasteiger partial charge >= 0.3 is 0 Å². The predicted octanol–water partition coefficient (Wildman–Crippen LogP) is 4.23. The van der Waals surface area contributed by atoms with Crippen LogP contribution in [0.2, 0.25) is 0 Å². The minimum Gasteiger partial charge on any atom is -0.474 e. The number of pyridine rings is 1. The van der Waals surface area contributed by atoms with Crippen LogP contribution in [0.5, 0.6) is 5.88 Å². The summed E-state index contributed by atoms with van der Waals surface area (Å²) in [4.78, 5) is 23.6. The van der Waals surface area contributed by atoms with Gasteiger partial charge in [-0.25, -0.2) is 18.7 Å². The van der Waals surface area contributed by atoms with Gasteiger partial charge in [-0.05, 0) is 49.7 Å². The van der Waals surface area contributed by atoms with Crippen LogP contribution in [-0.4, -0.2) is 49.7 Å². The van der Waals surface area contributed by atoms with Gasteiger partial charge < -0.3 is 15.4 Å². The number of rotatable bonds is 6. The van der Waals surface area contributed by atoms with Crippen molar-refractivity contribution in [3.63, 3.8) is 0 Å². The van der Waals surface area contributed by atoms with Gasteiger partial charge in [-0.2, -0.15) is 5.10 Å².